The van der Waals surface area contributed by atoms with Gasteiger partial charge in [-0.15, -0.1) is 0 Å². The molecule has 0 spiro atoms. The van der Waals surface area contributed by atoms with E-state index in [0.717, 1.165) is 5.56 Å². The van der Waals surface area contributed by atoms with Crippen LogP contribution in [0, 0.1) is 6.92 Å². The van der Waals surface area contributed by atoms with Gasteiger partial charge in [0, 0.05) is 12.6 Å². The van der Waals surface area contributed by atoms with Gasteiger partial charge in [-0.25, -0.2) is 4.79 Å². The first-order chi connectivity index (χ1) is 12.4. The zero-order chi connectivity index (χ0) is 19.1. The molecule has 6 heteroatoms. The molecule has 26 heavy (non-hydrogen) atoms. The van der Waals surface area contributed by atoms with Crippen LogP contribution < -0.4 is 10.2 Å². The lowest BCUT2D eigenvalue weighted by molar-refractivity contribution is -0.120. The number of aryl methyl sites for hydroxylation is 1. The zero-order valence-electron chi connectivity index (χ0n) is 15.1. The molecule has 136 valence electrons. The Balaban J connectivity index is 2.19. The number of carbonyl (C=O) groups excluding carboxylic acids is 3. The van der Waals surface area contributed by atoms with E-state index in [9.17, 15) is 14.4 Å². The van der Waals surface area contributed by atoms with Crippen molar-refractivity contribution in [2.75, 3.05) is 23.4 Å². The number of nitrogens with one attached hydrogen (secondary N) is 1. The number of carbonyl (C=O) groups is 3. The zero-order valence-corrected chi connectivity index (χ0v) is 15.1. The number of benzene rings is 2. The number of hydrogen-bond acceptors (Lipinski definition) is 4. The number of para-hydroxylation sites is 2. The second kappa shape index (κ2) is 8.80. The SMILES string of the molecule is CCOC(=O)c1ccccc1NC(=O)CN(C(C)=O)c1ccccc1C. The lowest BCUT2D eigenvalue weighted by atomic mass is 10.1. The standard InChI is InChI=1S/C20H22N2O4/c1-4-26-20(25)16-10-6-7-11-17(16)21-19(24)13-22(15(3)23)18-12-8-5-9-14(18)2/h5-12H,4,13H2,1-3H3,(H,21,24). The van der Waals surface area contributed by atoms with Crippen molar-refractivity contribution in [1.82, 2.24) is 0 Å². The Hall–Kier alpha value is -3.15. The molecule has 0 saturated carbocycles. The number of ether oxygens (including phenoxy) is 1. The highest BCUT2D eigenvalue weighted by Crippen LogP contribution is 2.20. The lowest BCUT2D eigenvalue weighted by Crippen LogP contribution is -2.37. The van der Waals surface area contributed by atoms with Crippen molar-refractivity contribution in [3.63, 3.8) is 0 Å². The van der Waals surface area contributed by atoms with Crippen molar-refractivity contribution < 1.29 is 19.1 Å². The van der Waals surface area contributed by atoms with Crippen LogP contribution in [0.1, 0.15) is 29.8 Å². The molecule has 0 aliphatic heterocycles. The molecule has 1 N–H and O–H groups in total. The van der Waals surface area contributed by atoms with E-state index in [1.54, 1.807) is 37.3 Å². The third kappa shape index (κ3) is 4.69. The second-order valence-electron chi connectivity index (χ2n) is 5.71. The summed E-state index contributed by atoms with van der Waals surface area (Å²) in [4.78, 5) is 37.9. The number of anilines is 2. The summed E-state index contributed by atoms with van der Waals surface area (Å²) in [5.74, 6) is -1.15. The van der Waals surface area contributed by atoms with E-state index >= 15 is 0 Å². The molecular formula is C20H22N2O4. The lowest BCUT2D eigenvalue weighted by Gasteiger charge is -2.22. The highest BCUT2D eigenvalue weighted by molar-refractivity contribution is 6.05. The Kier molecular flexibility index (Phi) is 6.49. The Bertz CT molecular complexity index is 817. The van der Waals surface area contributed by atoms with Gasteiger partial charge < -0.3 is 15.0 Å². The molecule has 0 bridgehead atoms. The summed E-state index contributed by atoms with van der Waals surface area (Å²) < 4.78 is 5.00. The molecular weight excluding hydrogens is 332 g/mol. The first-order valence-electron chi connectivity index (χ1n) is 8.33. The van der Waals surface area contributed by atoms with Crippen molar-refractivity contribution in [1.29, 1.82) is 0 Å². The van der Waals surface area contributed by atoms with Crippen molar-refractivity contribution >= 4 is 29.2 Å². The van der Waals surface area contributed by atoms with E-state index in [-0.39, 0.29) is 24.6 Å². The minimum Gasteiger partial charge on any atom is -0.462 e. The van der Waals surface area contributed by atoms with E-state index in [1.165, 1.54) is 11.8 Å². The molecule has 2 aromatic rings. The van der Waals surface area contributed by atoms with Crippen LogP contribution >= 0.6 is 0 Å². The van der Waals surface area contributed by atoms with Crippen LogP contribution in [0.15, 0.2) is 48.5 Å². The molecule has 0 fully saturated rings. The average Bonchev–Trinajstić information content (AvgIpc) is 2.61. The number of nitrogens with zero attached hydrogens (tertiary/aromatic N) is 1. The van der Waals surface area contributed by atoms with Crippen LogP contribution in [-0.2, 0) is 14.3 Å². The van der Waals surface area contributed by atoms with Crippen LogP contribution in [-0.4, -0.2) is 30.9 Å². The monoisotopic (exact) mass is 354 g/mol. The van der Waals surface area contributed by atoms with Crippen molar-refractivity contribution in [3.05, 3.63) is 59.7 Å². The second-order valence-corrected chi connectivity index (χ2v) is 5.71. The molecule has 2 aromatic carbocycles. The predicted octanol–water partition coefficient (Wildman–Crippen LogP) is 3.16. The molecule has 0 aliphatic rings. The maximum atomic E-state index is 12.5. The molecule has 2 rings (SSSR count). The Morgan fingerprint density at radius 3 is 2.35 bits per heavy atom. The highest BCUT2D eigenvalue weighted by atomic mass is 16.5. The van der Waals surface area contributed by atoms with Gasteiger partial charge >= 0.3 is 5.97 Å². The third-order valence-corrected chi connectivity index (χ3v) is 3.78. The number of esters is 1. The van der Waals surface area contributed by atoms with Gasteiger partial charge in [0.05, 0.1) is 17.9 Å². The minimum atomic E-state index is -0.509. The highest BCUT2D eigenvalue weighted by Gasteiger charge is 2.19. The quantitative estimate of drug-likeness (QED) is 0.809. The summed E-state index contributed by atoms with van der Waals surface area (Å²) in [5, 5.41) is 2.69. The fraction of sp³-hybridized carbons (Fsp3) is 0.250. The van der Waals surface area contributed by atoms with Crippen LogP contribution in [0.25, 0.3) is 0 Å². The van der Waals surface area contributed by atoms with Crippen LogP contribution in [0.3, 0.4) is 0 Å². The maximum Gasteiger partial charge on any atom is 0.340 e. The third-order valence-electron chi connectivity index (χ3n) is 3.78. The maximum absolute atomic E-state index is 12.5. The molecule has 0 atom stereocenters. The Morgan fingerprint density at radius 1 is 1.04 bits per heavy atom. The van der Waals surface area contributed by atoms with Gasteiger partial charge in [0.1, 0.15) is 6.54 Å². The smallest absolute Gasteiger partial charge is 0.340 e. The fourth-order valence-corrected chi connectivity index (χ4v) is 2.54. The molecule has 0 aromatic heterocycles. The van der Waals surface area contributed by atoms with Gasteiger partial charge in [0.25, 0.3) is 0 Å². The van der Waals surface area contributed by atoms with E-state index in [4.69, 9.17) is 4.74 Å². The largest absolute Gasteiger partial charge is 0.462 e. The minimum absolute atomic E-state index is 0.155. The average molecular weight is 354 g/mol. The predicted molar refractivity (Wildman–Crippen MR) is 100 cm³/mol. The number of rotatable bonds is 6. The summed E-state index contributed by atoms with van der Waals surface area (Å²) in [6.45, 7) is 5.08. The van der Waals surface area contributed by atoms with Crippen molar-refractivity contribution in [2.24, 2.45) is 0 Å². The molecule has 0 aliphatic carbocycles. The topological polar surface area (TPSA) is 75.7 Å². The number of hydrogen-bond donors (Lipinski definition) is 1. The van der Waals surface area contributed by atoms with Crippen molar-refractivity contribution in [3.8, 4) is 0 Å². The molecule has 0 unspecified atom stereocenters. The Labute approximate surface area is 152 Å². The van der Waals surface area contributed by atoms with Crippen molar-refractivity contribution in [2.45, 2.75) is 20.8 Å². The summed E-state index contributed by atoms with van der Waals surface area (Å²) >= 11 is 0. The normalized spacial score (nSPS) is 10.1. The van der Waals surface area contributed by atoms with Gasteiger partial charge in [-0.1, -0.05) is 30.3 Å². The van der Waals surface area contributed by atoms with Gasteiger partial charge in [-0.2, -0.15) is 0 Å². The summed E-state index contributed by atoms with van der Waals surface area (Å²) in [7, 11) is 0. The summed E-state index contributed by atoms with van der Waals surface area (Å²) in [5.41, 5.74) is 2.19. The fourth-order valence-electron chi connectivity index (χ4n) is 2.54. The van der Waals surface area contributed by atoms with E-state index < -0.39 is 11.9 Å². The van der Waals surface area contributed by atoms with Crippen LogP contribution in [0.5, 0.6) is 0 Å². The van der Waals surface area contributed by atoms with Gasteiger partial charge in [0.2, 0.25) is 11.8 Å². The first kappa shape index (κ1) is 19.2. The molecule has 0 radical (unpaired) electrons. The van der Waals surface area contributed by atoms with Gasteiger partial charge in [-0.3, -0.25) is 9.59 Å². The molecule has 6 nitrogen and oxygen atoms in total. The summed E-state index contributed by atoms with van der Waals surface area (Å²) in [6.07, 6.45) is 0. The van der Waals surface area contributed by atoms with E-state index in [2.05, 4.69) is 5.32 Å². The molecule has 0 heterocycles. The van der Waals surface area contributed by atoms with E-state index in [0.29, 0.717) is 11.4 Å². The molecule has 2 amide bonds. The number of amides is 2. The first-order valence-corrected chi connectivity index (χ1v) is 8.33. The van der Waals surface area contributed by atoms with Gasteiger partial charge in [0.15, 0.2) is 0 Å². The van der Waals surface area contributed by atoms with Gasteiger partial charge in [-0.05, 0) is 37.6 Å². The Morgan fingerprint density at radius 2 is 1.69 bits per heavy atom. The molecule has 0 saturated heterocycles. The summed E-state index contributed by atoms with van der Waals surface area (Å²) in [6, 6.07) is 13.9. The van der Waals surface area contributed by atoms with E-state index in [1.807, 2.05) is 25.1 Å². The van der Waals surface area contributed by atoms with Crippen LogP contribution in [0.4, 0.5) is 11.4 Å². The van der Waals surface area contributed by atoms with Crippen LogP contribution in [0.2, 0.25) is 0 Å².